The van der Waals surface area contributed by atoms with Gasteiger partial charge in [0.05, 0.1) is 7.11 Å². The molecule has 0 fully saturated rings. The fraction of sp³-hybridized carbons (Fsp3) is 0.240. The van der Waals surface area contributed by atoms with Crippen LogP contribution < -0.4 is 10.6 Å². The molecular weight excluding hydrogens is 411 g/mol. The standard InChI is InChI=1S/C25H25FN2O4/c1-16(29)27-22(14-17-7-5-11-20(26)13-17)24(30)28-23(25(31)32-2)15-19-10-6-9-18-8-3-4-12-21(18)19/h3-13,22-23H,14-15H2,1-2H3,(H,27,29)(H,28,30)/t22-,23-/m0/s1. The van der Waals surface area contributed by atoms with Gasteiger partial charge in [-0.25, -0.2) is 9.18 Å². The van der Waals surface area contributed by atoms with Crippen LogP contribution in [0.4, 0.5) is 4.39 Å². The second-order valence-corrected chi connectivity index (χ2v) is 7.51. The van der Waals surface area contributed by atoms with Crippen molar-refractivity contribution in [3.05, 3.63) is 83.7 Å². The van der Waals surface area contributed by atoms with Crippen molar-refractivity contribution >= 4 is 28.6 Å². The molecule has 0 aliphatic heterocycles. The van der Waals surface area contributed by atoms with E-state index in [-0.39, 0.29) is 12.8 Å². The van der Waals surface area contributed by atoms with E-state index in [0.29, 0.717) is 5.56 Å². The molecule has 0 saturated heterocycles. The Balaban J connectivity index is 1.82. The Hall–Kier alpha value is -3.74. The van der Waals surface area contributed by atoms with Crippen molar-refractivity contribution in [2.75, 3.05) is 7.11 Å². The minimum atomic E-state index is -0.978. The van der Waals surface area contributed by atoms with E-state index in [1.54, 1.807) is 6.07 Å². The second kappa shape index (κ2) is 10.5. The largest absolute Gasteiger partial charge is 0.467 e. The number of esters is 1. The average Bonchev–Trinajstić information content (AvgIpc) is 2.77. The van der Waals surface area contributed by atoms with Crippen LogP contribution in [0.25, 0.3) is 10.8 Å². The summed E-state index contributed by atoms with van der Waals surface area (Å²) < 4.78 is 18.5. The molecule has 2 N–H and O–H groups in total. The van der Waals surface area contributed by atoms with Crippen LogP contribution >= 0.6 is 0 Å². The first kappa shape index (κ1) is 22.9. The fourth-order valence-corrected chi connectivity index (χ4v) is 3.65. The Morgan fingerprint density at radius 3 is 2.34 bits per heavy atom. The highest BCUT2D eigenvalue weighted by atomic mass is 19.1. The number of hydrogen-bond donors (Lipinski definition) is 2. The Morgan fingerprint density at radius 2 is 1.62 bits per heavy atom. The number of halogens is 1. The predicted molar refractivity (Wildman–Crippen MR) is 119 cm³/mol. The van der Waals surface area contributed by atoms with Gasteiger partial charge in [-0.3, -0.25) is 9.59 Å². The maximum absolute atomic E-state index is 13.6. The third-order valence-electron chi connectivity index (χ3n) is 5.13. The molecule has 3 aromatic rings. The number of methoxy groups -OCH3 is 1. The first-order valence-corrected chi connectivity index (χ1v) is 10.2. The molecule has 0 bridgehead atoms. The van der Waals surface area contributed by atoms with Gasteiger partial charge < -0.3 is 15.4 Å². The third-order valence-corrected chi connectivity index (χ3v) is 5.13. The van der Waals surface area contributed by atoms with Gasteiger partial charge in [0, 0.05) is 19.8 Å². The van der Waals surface area contributed by atoms with Gasteiger partial charge in [-0.1, -0.05) is 54.6 Å². The molecule has 2 amide bonds. The normalized spacial score (nSPS) is 12.6. The first-order chi connectivity index (χ1) is 15.4. The van der Waals surface area contributed by atoms with Crippen LogP contribution in [0.2, 0.25) is 0 Å². The summed E-state index contributed by atoms with van der Waals surface area (Å²) in [5, 5.41) is 7.26. The quantitative estimate of drug-likeness (QED) is 0.532. The Bertz CT molecular complexity index is 1130. The van der Waals surface area contributed by atoms with Gasteiger partial charge in [-0.05, 0) is 34.0 Å². The molecule has 6 nitrogen and oxygen atoms in total. The molecular formula is C25H25FN2O4. The van der Waals surface area contributed by atoms with E-state index in [1.807, 2.05) is 42.5 Å². The van der Waals surface area contributed by atoms with Crippen molar-refractivity contribution in [2.24, 2.45) is 0 Å². The maximum Gasteiger partial charge on any atom is 0.328 e. The van der Waals surface area contributed by atoms with Gasteiger partial charge in [0.25, 0.3) is 0 Å². The third kappa shape index (κ3) is 5.91. The van der Waals surface area contributed by atoms with Crippen LogP contribution in [-0.4, -0.2) is 37.0 Å². The van der Waals surface area contributed by atoms with Gasteiger partial charge in [0.2, 0.25) is 11.8 Å². The highest BCUT2D eigenvalue weighted by molar-refractivity contribution is 5.91. The zero-order chi connectivity index (χ0) is 23.1. The van der Waals surface area contributed by atoms with Crippen LogP contribution in [0.5, 0.6) is 0 Å². The highest BCUT2D eigenvalue weighted by Crippen LogP contribution is 2.20. The number of hydrogen-bond acceptors (Lipinski definition) is 4. The van der Waals surface area contributed by atoms with Crippen LogP contribution in [-0.2, 0) is 32.0 Å². The molecule has 0 aliphatic rings. The van der Waals surface area contributed by atoms with Gasteiger partial charge in [0.15, 0.2) is 0 Å². The Kier molecular flexibility index (Phi) is 7.54. The lowest BCUT2D eigenvalue weighted by Crippen LogP contribution is -2.53. The van der Waals surface area contributed by atoms with Crippen LogP contribution in [0.3, 0.4) is 0 Å². The molecule has 32 heavy (non-hydrogen) atoms. The van der Waals surface area contributed by atoms with E-state index < -0.39 is 35.7 Å². The highest BCUT2D eigenvalue weighted by Gasteiger charge is 2.27. The van der Waals surface area contributed by atoms with E-state index in [4.69, 9.17) is 4.74 Å². The van der Waals surface area contributed by atoms with E-state index in [1.165, 1.54) is 32.2 Å². The summed E-state index contributed by atoms with van der Waals surface area (Å²) in [5.41, 5.74) is 1.42. The molecule has 0 aliphatic carbocycles. The fourth-order valence-electron chi connectivity index (χ4n) is 3.65. The molecule has 7 heteroatoms. The second-order valence-electron chi connectivity index (χ2n) is 7.51. The molecule has 0 spiro atoms. The summed E-state index contributed by atoms with van der Waals surface area (Å²) in [5.74, 6) is -2.00. The lowest BCUT2D eigenvalue weighted by molar-refractivity contribution is -0.145. The van der Waals surface area contributed by atoms with E-state index in [0.717, 1.165) is 16.3 Å². The van der Waals surface area contributed by atoms with Crippen molar-refractivity contribution in [1.82, 2.24) is 10.6 Å². The molecule has 0 aromatic heterocycles. The van der Waals surface area contributed by atoms with Crippen molar-refractivity contribution in [1.29, 1.82) is 0 Å². The summed E-state index contributed by atoms with van der Waals surface area (Å²) in [7, 11) is 1.25. The average molecular weight is 436 g/mol. The number of amides is 2. The monoisotopic (exact) mass is 436 g/mol. The lowest BCUT2D eigenvalue weighted by atomic mass is 9.98. The molecule has 0 radical (unpaired) electrons. The summed E-state index contributed by atoms with van der Waals surface area (Å²) in [6.45, 7) is 1.29. The first-order valence-electron chi connectivity index (χ1n) is 10.2. The molecule has 2 atom stereocenters. The lowest BCUT2D eigenvalue weighted by Gasteiger charge is -2.22. The van der Waals surface area contributed by atoms with Crippen molar-refractivity contribution in [3.63, 3.8) is 0 Å². The molecule has 166 valence electrons. The topological polar surface area (TPSA) is 84.5 Å². The van der Waals surface area contributed by atoms with Crippen molar-refractivity contribution < 1.29 is 23.5 Å². The minimum absolute atomic E-state index is 0.0747. The van der Waals surface area contributed by atoms with Crippen LogP contribution in [0, 0.1) is 5.82 Å². The Morgan fingerprint density at radius 1 is 0.906 bits per heavy atom. The molecule has 0 heterocycles. The summed E-state index contributed by atoms with van der Waals surface area (Å²) >= 11 is 0. The number of rotatable bonds is 8. The predicted octanol–water partition coefficient (Wildman–Crippen LogP) is 2.93. The summed E-state index contributed by atoms with van der Waals surface area (Å²) in [6, 6.07) is 17.4. The van der Waals surface area contributed by atoms with Gasteiger partial charge in [-0.15, -0.1) is 0 Å². The molecule has 3 aromatic carbocycles. The molecule has 3 rings (SSSR count). The maximum atomic E-state index is 13.6. The number of carbonyl (C=O) groups is 3. The van der Waals surface area contributed by atoms with Crippen LogP contribution in [0.15, 0.2) is 66.7 Å². The van der Waals surface area contributed by atoms with Gasteiger partial charge >= 0.3 is 5.97 Å². The van der Waals surface area contributed by atoms with Gasteiger partial charge in [-0.2, -0.15) is 0 Å². The van der Waals surface area contributed by atoms with Crippen molar-refractivity contribution in [2.45, 2.75) is 31.8 Å². The number of ether oxygens (including phenoxy) is 1. The summed E-state index contributed by atoms with van der Waals surface area (Å²) in [4.78, 5) is 37.2. The Labute approximate surface area is 185 Å². The zero-order valence-corrected chi connectivity index (χ0v) is 17.9. The number of nitrogens with one attached hydrogen (secondary N) is 2. The van der Waals surface area contributed by atoms with E-state index >= 15 is 0 Å². The smallest absolute Gasteiger partial charge is 0.328 e. The van der Waals surface area contributed by atoms with E-state index in [9.17, 15) is 18.8 Å². The number of benzene rings is 3. The van der Waals surface area contributed by atoms with Crippen LogP contribution in [0.1, 0.15) is 18.1 Å². The number of fused-ring (bicyclic) bond motifs is 1. The van der Waals surface area contributed by atoms with Gasteiger partial charge in [0.1, 0.15) is 17.9 Å². The minimum Gasteiger partial charge on any atom is -0.467 e. The summed E-state index contributed by atoms with van der Waals surface area (Å²) in [6.07, 6.45) is 0.290. The van der Waals surface area contributed by atoms with E-state index in [2.05, 4.69) is 10.6 Å². The molecule has 0 saturated carbocycles. The SMILES string of the molecule is COC(=O)[C@H](Cc1cccc2ccccc12)NC(=O)[C@H](Cc1cccc(F)c1)NC(C)=O. The molecule has 0 unspecified atom stereocenters. The zero-order valence-electron chi connectivity index (χ0n) is 17.9. The van der Waals surface area contributed by atoms with Crippen molar-refractivity contribution in [3.8, 4) is 0 Å². The number of carbonyl (C=O) groups excluding carboxylic acids is 3.